The van der Waals surface area contributed by atoms with E-state index >= 15 is 0 Å². The van der Waals surface area contributed by atoms with E-state index in [2.05, 4.69) is 36.9 Å². The lowest BCUT2D eigenvalue weighted by Crippen LogP contribution is -2.30. The number of nitrogens with zero attached hydrogens (tertiary/aromatic N) is 1. The molecule has 1 N–H and O–H groups in total. The summed E-state index contributed by atoms with van der Waals surface area (Å²) in [5.74, 6) is -0.893. The molecule has 0 aliphatic rings. The van der Waals surface area contributed by atoms with Crippen molar-refractivity contribution in [3.05, 3.63) is 29.3 Å². The number of aryl methyl sites for hydroxylation is 2. The Bertz CT molecular complexity index is 411. The summed E-state index contributed by atoms with van der Waals surface area (Å²) in [7, 11) is 1.97. The number of anilines is 1. The van der Waals surface area contributed by atoms with E-state index in [-0.39, 0.29) is 0 Å². The highest BCUT2D eigenvalue weighted by molar-refractivity contribution is 5.72. The number of rotatable bonds is 7. The zero-order valence-corrected chi connectivity index (χ0v) is 12.1. The van der Waals surface area contributed by atoms with Crippen LogP contribution in [-0.2, 0) is 9.53 Å². The van der Waals surface area contributed by atoms with E-state index in [1.165, 1.54) is 11.1 Å². The second-order valence-corrected chi connectivity index (χ2v) is 4.84. The molecule has 19 heavy (non-hydrogen) atoms. The molecule has 0 spiro atoms. The van der Waals surface area contributed by atoms with Crippen LogP contribution >= 0.6 is 0 Å². The number of carboxylic acids is 1. The van der Waals surface area contributed by atoms with Crippen LogP contribution in [0.1, 0.15) is 24.5 Å². The normalized spacial score (nSPS) is 12.2. The van der Waals surface area contributed by atoms with Crippen LogP contribution in [0.5, 0.6) is 0 Å². The lowest BCUT2D eigenvalue weighted by atomic mass is 10.1. The first-order chi connectivity index (χ1) is 8.93. The highest BCUT2D eigenvalue weighted by Gasteiger charge is 2.17. The van der Waals surface area contributed by atoms with Crippen LogP contribution in [0.25, 0.3) is 0 Å². The summed E-state index contributed by atoms with van der Waals surface area (Å²) >= 11 is 0. The fraction of sp³-hybridized carbons (Fsp3) is 0.533. The average Bonchev–Trinajstić information content (AvgIpc) is 2.32. The Hall–Kier alpha value is -1.55. The van der Waals surface area contributed by atoms with Gasteiger partial charge in [0, 0.05) is 32.3 Å². The Morgan fingerprint density at radius 3 is 2.37 bits per heavy atom. The maximum atomic E-state index is 11.0. The first-order valence-corrected chi connectivity index (χ1v) is 6.58. The van der Waals surface area contributed by atoms with Crippen LogP contribution in [0, 0.1) is 13.8 Å². The zero-order valence-electron chi connectivity index (χ0n) is 12.1. The summed E-state index contributed by atoms with van der Waals surface area (Å²) in [6, 6.07) is 6.32. The van der Waals surface area contributed by atoms with Crippen molar-refractivity contribution in [2.24, 2.45) is 0 Å². The van der Waals surface area contributed by atoms with Gasteiger partial charge in [0.25, 0.3) is 0 Å². The minimum atomic E-state index is -0.893. The molecule has 0 aromatic heterocycles. The summed E-state index contributed by atoms with van der Waals surface area (Å²) in [5.41, 5.74) is 3.53. The Balaban J connectivity index is 2.63. The maximum absolute atomic E-state index is 11.0. The number of ether oxygens (including phenoxy) is 1. The fourth-order valence-electron chi connectivity index (χ4n) is 2.09. The van der Waals surface area contributed by atoms with Crippen molar-refractivity contribution >= 4 is 11.7 Å². The van der Waals surface area contributed by atoms with E-state index < -0.39 is 12.1 Å². The van der Waals surface area contributed by atoms with Gasteiger partial charge in [0.2, 0.25) is 0 Å². The van der Waals surface area contributed by atoms with Crippen molar-refractivity contribution in [1.82, 2.24) is 0 Å². The van der Waals surface area contributed by atoms with Crippen LogP contribution in [0.15, 0.2) is 18.2 Å². The molecule has 0 radical (unpaired) electrons. The molecule has 0 saturated heterocycles. The summed E-state index contributed by atoms with van der Waals surface area (Å²) in [6.45, 7) is 7.00. The molecule has 0 heterocycles. The highest BCUT2D eigenvalue weighted by atomic mass is 16.5. The molecule has 4 heteroatoms. The number of hydrogen-bond donors (Lipinski definition) is 1. The second-order valence-electron chi connectivity index (χ2n) is 4.84. The molecule has 4 nitrogen and oxygen atoms in total. The third-order valence-electron chi connectivity index (χ3n) is 3.02. The van der Waals surface area contributed by atoms with E-state index in [9.17, 15) is 4.79 Å². The molecular weight excluding hydrogens is 242 g/mol. The molecule has 1 atom stereocenters. The fourth-order valence-corrected chi connectivity index (χ4v) is 2.09. The molecule has 0 saturated carbocycles. The Kier molecular flexibility index (Phi) is 5.83. The quantitative estimate of drug-likeness (QED) is 0.823. The molecule has 0 fully saturated rings. The zero-order chi connectivity index (χ0) is 14.4. The van der Waals surface area contributed by atoms with Gasteiger partial charge in [0.05, 0.1) is 0 Å². The van der Waals surface area contributed by atoms with Gasteiger partial charge in [-0.25, -0.2) is 4.79 Å². The minimum absolute atomic E-state index is 0.421. The van der Waals surface area contributed by atoms with Crippen LogP contribution in [-0.4, -0.2) is 37.4 Å². The van der Waals surface area contributed by atoms with Gasteiger partial charge in [0.15, 0.2) is 6.10 Å². The molecule has 0 aliphatic carbocycles. The van der Waals surface area contributed by atoms with Crippen LogP contribution in [0.4, 0.5) is 5.69 Å². The lowest BCUT2D eigenvalue weighted by Gasteiger charge is -2.22. The van der Waals surface area contributed by atoms with Gasteiger partial charge in [-0.05, 0) is 44.0 Å². The number of aliphatic carboxylic acids is 1. The standard InChI is InChI=1S/C15H23NO3/c1-5-19-14(15(17)18)6-7-16(4)13-9-11(2)8-12(3)10-13/h8-10,14H,5-7H2,1-4H3,(H,17,18). The summed E-state index contributed by atoms with van der Waals surface area (Å²) in [4.78, 5) is 13.1. The number of carboxylic acid groups (broad SMARTS) is 1. The van der Waals surface area contributed by atoms with E-state index in [1.54, 1.807) is 0 Å². The third-order valence-corrected chi connectivity index (χ3v) is 3.02. The van der Waals surface area contributed by atoms with Gasteiger partial charge < -0.3 is 14.7 Å². The maximum Gasteiger partial charge on any atom is 0.332 e. The van der Waals surface area contributed by atoms with Gasteiger partial charge >= 0.3 is 5.97 Å². The van der Waals surface area contributed by atoms with Gasteiger partial charge in [-0.2, -0.15) is 0 Å². The first-order valence-electron chi connectivity index (χ1n) is 6.58. The van der Waals surface area contributed by atoms with Crippen molar-refractivity contribution in [3.63, 3.8) is 0 Å². The summed E-state index contributed by atoms with van der Waals surface area (Å²) in [6.07, 6.45) is -0.245. The molecule has 106 valence electrons. The summed E-state index contributed by atoms with van der Waals surface area (Å²) < 4.78 is 5.21. The van der Waals surface area contributed by atoms with Crippen LogP contribution in [0.3, 0.4) is 0 Å². The largest absolute Gasteiger partial charge is 0.479 e. The van der Waals surface area contributed by atoms with Crippen LogP contribution in [0.2, 0.25) is 0 Å². The van der Waals surface area contributed by atoms with E-state index in [1.807, 2.05) is 14.0 Å². The number of carbonyl (C=O) groups is 1. The Labute approximate surface area is 115 Å². The van der Waals surface area contributed by atoms with E-state index in [0.717, 1.165) is 5.69 Å². The van der Waals surface area contributed by atoms with Gasteiger partial charge in [0.1, 0.15) is 0 Å². The molecule has 1 aromatic rings. The van der Waals surface area contributed by atoms with Crippen molar-refractivity contribution in [3.8, 4) is 0 Å². The molecule has 1 rings (SSSR count). The average molecular weight is 265 g/mol. The molecule has 1 aromatic carbocycles. The highest BCUT2D eigenvalue weighted by Crippen LogP contribution is 2.18. The summed E-state index contributed by atoms with van der Waals surface area (Å²) in [5, 5.41) is 9.03. The molecular formula is C15H23NO3. The lowest BCUT2D eigenvalue weighted by molar-refractivity contribution is -0.150. The predicted molar refractivity (Wildman–Crippen MR) is 76.9 cm³/mol. The van der Waals surface area contributed by atoms with Gasteiger partial charge in [-0.3, -0.25) is 0 Å². The molecule has 0 aliphatic heterocycles. The molecule has 1 unspecified atom stereocenters. The minimum Gasteiger partial charge on any atom is -0.479 e. The molecule has 0 amide bonds. The van der Waals surface area contributed by atoms with E-state index in [4.69, 9.17) is 9.84 Å². The number of hydrogen-bond acceptors (Lipinski definition) is 3. The topological polar surface area (TPSA) is 49.8 Å². The smallest absolute Gasteiger partial charge is 0.332 e. The van der Waals surface area contributed by atoms with Gasteiger partial charge in [-0.1, -0.05) is 6.07 Å². The number of benzene rings is 1. The van der Waals surface area contributed by atoms with Crippen molar-refractivity contribution in [2.45, 2.75) is 33.3 Å². The predicted octanol–water partition coefficient (Wildman–Crippen LogP) is 2.62. The first kappa shape index (κ1) is 15.5. The van der Waals surface area contributed by atoms with Crippen molar-refractivity contribution in [1.29, 1.82) is 0 Å². The van der Waals surface area contributed by atoms with Crippen molar-refractivity contribution < 1.29 is 14.6 Å². The second kappa shape index (κ2) is 7.14. The Morgan fingerprint density at radius 1 is 1.32 bits per heavy atom. The monoisotopic (exact) mass is 265 g/mol. The SMILES string of the molecule is CCOC(CCN(C)c1cc(C)cc(C)c1)C(=O)O. The third kappa shape index (κ3) is 4.91. The van der Waals surface area contributed by atoms with E-state index in [0.29, 0.717) is 19.6 Å². The van der Waals surface area contributed by atoms with Crippen LogP contribution < -0.4 is 4.90 Å². The molecule has 0 bridgehead atoms. The van der Waals surface area contributed by atoms with Crippen molar-refractivity contribution in [2.75, 3.05) is 25.1 Å². The Morgan fingerprint density at radius 2 is 1.89 bits per heavy atom. The van der Waals surface area contributed by atoms with Gasteiger partial charge in [-0.15, -0.1) is 0 Å².